The Morgan fingerprint density at radius 2 is 2.18 bits per heavy atom. The fourth-order valence-electron chi connectivity index (χ4n) is 2.06. The van der Waals surface area contributed by atoms with Gasteiger partial charge in [-0.2, -0.15) is 0 Å². The van der Waals surface area contributed by atoms with Gasteiger partial charge < -0.3 is 16.2 Å². The highest BCUT2D eigenvalue weighted by Crippen LogP contribution is 2.40. The number of fused-ring (bicyclic) bond motifs is 1. The number of rotatable bonds is 3. The zero-order valence-corrected chi connectivity index (χ0v) is 9.48. The van der Waals surface area contributed by atoms with E-state index >= 15 is 0 Å². The van der Waals surface area contributed by atoms with Gasteiger partial charge in [-0.25, -0.2) is 0 Å². The third-order valence-electron chi connectivity index (χ3n) is 3.42. The minimum atomic E-state index is -0.144. The molecule has 1 fully saturated rings. The largest absolute Gasteiger partial charge is 0.397 e. The Morgan fingerprint density at radius 1 is 1.35 bits per heavy atom. The number of nitrogens with zero attached hydrogens (tertiary/aromatic N) is 1. The Kier molecular flexibility index (Phi) is 2.19. The highest BCUT2D eigenvalue weighted by atomic mass is 16.3. The number of nitrogen functional groups attached to an aromatic ring is 1. The Balaban J connectivity index is 2.03. The van der Waals surface area contributed by atoms with Crippen LogP contribution in [-0.4, -0.2) is 22.2 Å². The van der Waals surface area contributed by atoms with Gasteiger partial charge in [0.25, 0.3) is 0 Å². The molecule has 0 aliphatic heterocycles. The molecular weight excluding hydrogens is 214 g/mol. The molecule has 1 saturated carbocycles. The number of nitrogens with one attached hydrogen (secondary N) is 1. The Bertz CT molecular complexity index is 564. The molecule has 4 nitrogen and oxygen atoms in total. The molecule has 1 aromatic carbocycles. The minimum absolute atomic E-state index is 0.144. The van der Waals surface area contributed by atoms with Crippen LogP contribution in [0.4, 0.5) is 11.4 Å². The second kappa shape index (κ2) is 3.60. The van der Waals surface area contributed by atoms with E-state index in [9.17, 15) is 5.11 Å². The monoisotopic (exact) mass is 229 g/mol. The average Bonchev–Trinajstić information content (AvgIpc) is 3.14. The SMILES string of the molecule is Nc1c(NC2(CO)CC2)ccc2cnccc12. The van der Waals surface area contributed by atoms with Crippen molar-refractivity contribution in [3.63, 3.8) is 0 Å². The summed E-state index contributed by atoms with van der Waals surface area (Å²) in [6.07, 6.45) is 5.53. The van der Waals surface area contributed by atoms with E-state index in [1.54, 1.807) is 12.4 Å². The van der Waals surface area contributed by atoms with E-state index in [1.807, 2.05) is 18.2 Å². The molecule has 0 saturated heterocycles. The number of nitrogens with two attached hydrogens (primary N) is 1. The fraction of sp³-hybridized carbons (Fsp3) is 0.308. The number of benzene rings is 1. The molecule has 0 atom stereocenters. The van der Waals surface area contributed by atoms with Crippen molar-refractivity contribution >= 4 is 22.1 Å². The smallest absolute Gasteiger partial charge is 0.0661 e. The summed E-state index contributed by atoms with van der Waals surface area (Å²) in [4.78, 5) is 4.07. The van der Waals surface area contributed by atoms with Crippen molar-refractivity contribution in [2.45, 2.75) is 18.4 Å². The number of aliphatic hydroxyl groups is 1. The lowest BCUT2D eigenvalue weighted by atomic mass is 10.1. The second-order valence-corrected chi connectivity index (χ2v) is 4.69. The summed E-state index contributed by atoms with van der Waals surface area (Å²) in [5.41, 5.74) is 7.62. The summed E-state index contributed by atoms with van der Waals surface area (Å²) in [6.45, 7) is 0.154. The van der Waals surface area contributed by atoms with Crippen molar-refractivity contribution in [3.8, 4) is 0 Å². The molecule has 4 heteroatoms. The first-order chi connectivity index (χ1) is 8.24. The molecule has 0 bridgehead atoms. The zero-order valence-electron chi connectivity index (χ0n) is 9.48. The van der Waals surface area contributed by atoms with Crippen LogP contribution >= 0.6 is 0 Å². The molecule has 3 rings (SSSR count). The standard InChI is InChI=1S/C13H15N3O/c14-12-10-3-6-15-7-9(10)1-2-11(12)16-13(8-17)4-5-13/h1-3,6-7,16-17H,4-5,8,14H2. The number of hydrogen-bond acceptors (Lipinski definition) is 4. The van der Waals surface area contributed by atoms with E-state index in [1.165, 1.54) is 0 Å². The highest BCUT2D eigenvalue weighted by Gasteiger charge is 2.42. The summed E-state index contributed by atoms with van der Waals surface area (Å²) in [5, 5.41) is 14.7. The molecule has 1 heterocycles. The lowest BCUT2D eigenvalue weighted by Gasteiger charge is -2.18. The van der Waals surface area contributed by atoms with E-state index in [0.717, 1.165) is 35.0 Å². The van der Waals surface area contributed by atoms with Crippen molar-refractivity contribution in [1.29, 1.82) is 0 Å². The van der Waals surface area contributed by atoms with Crippen molar-refractivity contribution in [3.05, 3.63) is 30.6 Å². The van der Waals surface area contributed by atoms with Gasteiger partial charge in [0.05, 0.1) is 23.5 Å². The van der Waals surface area contributed by atoms with Gasteiger partial charge in [0.2, 0.25) is 0 Å². The lowest BCUT2D eigenvalue weighted by Crippen LogP contribution is -2.26. The predicted octanol–water partition coefficient (Wildman–Crippen LogP) is 1.75. The Hall–Kier alpha value is -1.81. The maximum absolute atomic E-state index is 9.31. The van der Waals surface area contributed by atoms with Crippen molar-refractivity contribution in [2.24, 2.45) is 0 Å². The van der Waals surface area contributed by atoms with E-state index < -0.39 is 0 Å². The van der Waals surface area contributed by atoms with Crippen LogP contribution < -0.4 is 11.1 Å². The van der Waals surface area contributed by atoms with Gasteiger partial charge in [0.1, 0.15) is 0 Å². The van der Waals surface area contributed by atoms with Gasteiger partial charge in [-0.05, 0) is 25.0 Å². The van der Waals surface area contributed by atoms with E-state index in [-0.39, 0.29) is 12.1 Å². The number of aromatic nitrogens is 1. The molecular formula is C13H15N3O. The van der Waals surface area contributed by atoms with Crippen LogP contribution in [0.2, 0.25) is 0 Å². The molecule has 0 spiro atoms. The van der Waals surface area contributed by atoms with Crippen LogP contribution in [0, 0.1) is 0 Å². The topological polar surface area (TPSA) is 71.2 Å². The van der Waals surface area contributed by atoms with E-state index in [4.69, 9.17) is 5.73 Å². The fourth-order valence-corrected chi connectivity index (χ4v) is 2.06. The number of hydrogen-bond donors (Lipinski definition) is 3. The van der Waals surface area contributed by atoms with Crippen molar-refractivity contribution in [2.75, 3.05) is 17.7 Å². The molecule has 0 amide bonds. The van der Waals surface area contributed by atoms with Gasteiger partial charge in [-0.3, -0.25) is 4.98 Å². The summed E-state index contributed by atoms with van der Waals surface area (Å²) in [7, 11) is 0. The molecule has 0 unspecified atom stereocenters. The van der Waals surface area contributed by atoms with Crippen LogP contribution in [0.1, 0.15) is 12.8 Å². The first-order valence-corrected chi connectivity index (χ1v) is 5.75. The Labute approximate surface area is 99.5 Å². The summed E-state index contributed by atoms with van der Waals surface area (Å²) >= 11 is 0. The average molecular weight is 229 g/mol. The first kappa shape index (κ1) is 10.4. The number of pyridine rings is 1. The van der Waals surface area contributed by atoms with E-state index in [2.05, 4.69) is 10.3 Å². The van der Waals surface area contributed by atoms with Crippen LogP contribution in [0.3, 0.4) is 0 Å². The maximum Gasteiger partial charge on any atom is 0.0661 e. The summed E-state index contributed by atoms with van der Waals surface area (Å²) < 4.78 is 0. The molecule has 0 radical (unpaired) electrons. The molecule has 4 N–H and O–H groups in total. The number of aliphatic hydroxyl groups excluding tert-OH is 1. The van der Waals surface area contributed by atoms with Gasteiger partial charge in [0.15, 0.2) is 0 Å². The van der Waals surface area contributed by atoms with Crippen LogP contribution in [-0.2, 0) is 0 Å². The zero-order chi connectivity index (χ0) is 11.9. The van der Waals surface area contributed by atoms with Crippen molar-refractivity contribution < 1.29 is 5.11 Å². The normalized spacial score (nSPS) is 17.0. The molecule has 1 aliphatic carbocycles. The van der Waals surface area contributed by atoms with Crippen molar-refractivity contribution in [1.82, 2.24) is 4.98 Å². The third kappa shape index (κ3) is 1.70. The maximum atomic E-state index is 9.31. The molecule has 1 aromatic heterocycles. The third-order valence-corrected chi connectivity index (χ3v) is 3.42. The molecule has 2 aromatic rings. The van der Waals surface area contributed by atoms with Gasteiger partial charge in [-0.1, -0.05) is 6.07 Å². The first-order valence-electron chi connectivity index (χ1n) is 5.75. The van der Waals surface area contributed by atoms with Gasteiger partial charge in [0, 0.05) is 23.2 Å². The summed E-state index contributed by atoms with van der Waals surface area (Å²) in [5.74, 6) is 0. The molecule has 1 aliphatic rings. The summed E-state index contributed by atoms with van der Waals surface area (Å²) in [6, 6.07) is 5.86. The molecule has 88 valence electrons. The predicted molar refractivity (Wildman–Crippen MR) is 68.8 cm³/mol. The van der Waals surface area contributed by atoms with Gasteiger partial charge >= 0.3 is 0 Å². The Morgan fingerprint density at radius 3 is 2.88 bits per heavy atom. The number of anilines is 2. The van der Waals surface area contributed by atoms with E-state index in [0.29, 0.717) is 0 Å². The van der Waals surface area contributed by atoms with Crippen LogP contribution in [0.15, 0.2) is 30.6 Å². The van der Waals surface area contributed by atoms with Gasteiger partial charge in [-0.15, -0.1) is 0 Å². The molecule has 17 heavy (non-hydrogen) atoms. The minimum Gasteiger partial charge on any atom is -0.397 e. The van der Waals surface area contributed by atoms with Crippen LogP contribution in [0.25, 0.3) is 10.8 Å². The second-order valence-electron chi connectivity index (χ2n) is 4.69. The highest BCUT2D eigenvalue weighted by molar-refractivity contribution is 5.98. The van der Waals surface area contributed by atoms with Crippen LogP contribution in [0.5, 0.6) is 0 Å². The lowest BCUT2D eigenvalue weighted by molar-refractivity contribution is 0.266. The quantitative estimate of drug-likeness (QED) is 0.701.